The number of likely N-dealkylation sites (tertiary alicyclic amines) is 1. The summed E-state index contributed by atoms with van der Waals surface area (Å²) in [5.41, 5.74) is 4.25. The van der Waals surface area contributed by atoms with Gasteiger partial charge in [-0.05, 0) is 13.8 Å². The molecule has 1 fully saturated rings. The molecule has 0 saturated carbocycles. The van der Waals surface area contributed by atoms with E-state index in [1.165, 1.54) is 0 Å². The number of amides is 3. The van der Waals surface area contributed by atoms with Gasteiger partial charge in [0.05, 0.1) is 11.5 Å². The van der Waals surface area contributed by atoms with E-state index in [1.54, 1.807) is 13.8 Å². The predicted molar refractivity (Wildman–Crippen MR) is 65.1 cm³/mol. The van der Waals surface area contributed by atoms with Gasteiger partial charge in [-0.2, -0.15) is 0 Å². The Morgan fingerprint density at radius 1 is 1.42 bits per heavy atom. The molecule has 1 aliphatic heterocycles. The van der Waals surface area contributed by atoms with Crippen LogP contribution in [0.5, 0.6) is 0 Å². The number of nitrogens with two attached hydrogens (primary N) is 1. The van der Waals surface area contributed by atoms with E-state index in [9.17, 15) is 19.5 Å². The fourth-order valence-electron chi connectivity index (χ4n) is 1.76. The number of carboxylic acid groups (broad SMARTS) is 1. The highest BCUT2D eigenvalue weighted by atomic mass is 16.4. The summed E-state index contributed by atoms with van der Waals surface area (Å²) in [6.45, 7) is 3.10. The van der Waals surface area contributed by atoms with Crippen molar-refractivity contribution in [1.29, 1.82) is 0 Å². The second-order valence-electron chi connectivity index (χ2n) is 5.30. The maximum Gasteiger partial charge on any atom is 0.326 e. The van der Waals surface area contributed by atoms with Gasteiger partial charge in [-0.1, -0.05) is 0 Å². The fourth-order valence-corrected chi connectivity index (χ4v) is 1.76. The zero-order valence-corrected chi connectivity index (χ0v) is 10.9. The minimum absolute atomic E-state index is 0.000100. The van der Waals surface area contributed by atoms with Crippen LogP contribution in [0, 0.1) is 5.41 Å². The van der Waals surface area contributed by atoms with E-state index >= 15 is 0 Å². The van der Waals surface area contributed by atoms with Gasteiger partial charge in [-0.25, -0.2) is 9.59 Å². The molecule has 1 rings (SSSR count). The maximum absolute atomic E-state index is 11.9. The average molecular weight is 273 g/mol. The third-order valence-corrected chi connectivity index (χ3v) is 3.17. The molecule has 0 aromatic carbocycles. The van der Waals surface area contributed by atoms with Crippen LogP contribution in [0.1, 0.15) is 20.3 Å². The summed E-state index contributed by atoms with van der Waals surface area (Å²) in [4.78, 5) is 35.0. The van der Waals surface area contributed by atoms with Crippen molar-refractivity contribution in [2.24, 2.45) is 11.1 Å². The van der Waals surface area contributed by atoms with Gasteiger partial charge in [0.15, 0.2) is 0 Å². The number of carboxylic acids is 1. The lowest BCUT2D eigenvalue weighted by molar-refractivity contribution is -0.141. The molecule has 0 bridgehead atoms. The number of hydrogen-bond acceptors (Lipinski definition) is 4. The first-order valence-corrected chi connectivity index (χ1v) is 5.90. The molecule has 0 aromatic rings. The Hall–Kier alpha value is -1.83. The van der Waals surface area contributed by atoms with E-state index in [2.05, 4.69) is 5.32 Å². The molecule has 5 N–H and O–H groups in total. The molecule has 19 heavy (non-hydrogen) atoms. The smallest absolute Gasteiger partial charge is 0.326 e. The lowest BCUT2D eigenvalue weighted by atomic mass is 9.93. The average Bonchev–Trinajstić information content (AvgIpc) is 2.68. The van der Waals surface area contributed by atoms with Gasteiger partial charge in [-0.3, -0.25) is 4.79 Å². The number of rotatable bonds is 4. The summed E-state index contributed by atoms with van der Waals surface area (Å²) in [5, 5.41) is 20.8. The van der Waals surface area contributed by atoms with Crippen molar-refractivity contribution in [2.75, 3.05) is 13.1 Å². The maximum atomic E-state index is 11.9. The Morgan fingerprint density at radius 3 is 2.47 bits per heavy atom. The van der Waals surface area contributed by atoms with Gasteiger partial charge >= 0.3 is 12.0 Å². The van der Waals surface area contributed by atoms with E-state index in [1.807, 2.05) is 0 Å². The minimum Gasteiger partial charge on any atom is -0.480 e. The Kier molecular flexibility index (Phi) is 4.35. The zero-order chi connectivity index (χ0) is 14.8. The van der Waals surface area contributed by atoms with E-state index in [0.717, 1.165) is 4.90 Å². The van der Waals surface area contributed by atoms with Crippen molar-refractivity contribution < 1.29 is 24.6 Å². The van der Waals surface area contributed by atoms with Crippen LogP contribution in [-0.4, -0.2) is 58.3 Å². The quantitative estimate of drug-likeness (QED) is 0.506. The van der Waals surface area contributed by atoms with E-state index in [0.29, 0.717) is 0 Å². The molecular weight excluding hydrogens is 254 g/mol. The molecule has 1 heterocycles. The Labute approximate surface area is 110 Å². The molecule has 1 unspecified atom stereocenters. The van der Waals surface area contributed by atoms with Crippen molar-refractivity contribution in [3.8, 4) is 0 Å². The SMILES string of the molecule is CC(C)(CNC(=O)N1CC(O)C[C@H]1C(=O)O)C(N)=O. The van der Waals surface area contributed by atoms with E-state index < -0.39 is 35.5 Å². The number of nitrogens with zero attached hydrogens (tertiary/aromatic N) is 1. The standard InChI is InChI=1S/C11H19N3O5/c1-11(2,9(12)18)5-13-10(19)14-4-6(15)3-7(14)8(16)17/h6-7,15H,3-5H2,1-2H3,(H2,12,18)(H,13,19)(H,16,17)/t6?,7-/m0/s1. The molecule has 108 valence electrons. The summed E-state index contributed by atoms with van der Waals surface area (Å²) in [6, 6.07) is -1.68. The highest BCUT2D eigenvalue weighted by Crippen LogP contribution is 2.19. The Bertz CT molecular complexity index is 396. The summed E-state index contributed by atoms with van der Waals surface area (Å²) in [7, 11) is 0. The number of carbonyl (C=O) groups is 3. The van der Waals surface area contributed by atoms with Crippen molar-refractivity contribution >= 4 is 17.9 Å². The fraction of sp³-hybridized carbons (Fsp3) is 0.727. The van der Waals surface area contributed by atoms with Crippen molar-refractivity contribution in [1.82, 2.24) is 10.2 Å². The van der Waals surface area contributed by atoms with Crippen LogP contribution >= 0.6 is 0 Å². The van der Waals surface area contributed by atoms with Gasteiger partial charge in [0.25, 0.3) is 0 Å². The first-order chi connectivity index (χ1) is 8.65. The first-order valence-electron chi connectivity index (χ1n) is 5.90. The van der Waals surface area contributed by atoms with Crippen molar-refractivity contribution in [3.05, 3.63) is 0 Å². The van der Waals surface area contributed by atoms with Crippen molar-refractivity contribution in [3.63, 3.8) is 0 Å². The number of aliphatic hydroxyl groups excluding tert-OH is 1. The largest absolute Gasteiger partial charge is 0.480 e. The lowest BCUT2D eigenvalue weighted by Crippen LogP contribution is -2.50. The number of nitrogens with one attached hydrogen (secondary N) is 1. The summed E-state index contributed by atoms with van der Waals surface area (Å²) >= 11 is 0. The van der Waals surface area contributed by atoms with Gasteiger partial charge < -0.3 is 26.2 Å². The Balaban J connectivity index is 2.63. The van der Waals surface area contributed by atoms with Crippen molar-refractivity contribution in [2.45, 2.75) is 32.4 Å². The third kappa shape index (κ3) is 3.57. The van der Waals surface area contributed by atoms with Gasteiger partial charge in [0, 0.05) is 19.5 Å². The second kappa shape index (κ2) is 5.43. The number of urea groups is 1. The van der Waals surface area contributed by atoms with Gasteiger partial charge in [0.2, 0.25) is 5.91 Å². The molecule has 2 atom stereocenters. The molecule has 0 radical (unpaired) electrons. The third-order valence-electron chi connectivity index (χ3n) is 3.17. The molecule has 1 saturated heterocycles. The summed E-state index contributed by atoms with van der Waals surface area (Å²) in [6.07, 6.45) is -0.849. The van der Waals surface area contributed by atoms with Crippen LogP contribution in [0.2, 0.25) is 0 Å². The predicted octanol–water partition coefficient (Wildman–Crippen LogP) is -1.27. The Morgan fingerprint density at radius 2 is 2.00 bits per heavy atom. The number of carbonyl (C=O) groups excluding carboxylic acids is 2. The summed E-state index contributed by atoms with van der Waals surface area (Å²) in [5.74, 6) is -1.73. The minimum atomic E-state index is -1.17. The lowest BCUT2D eigenvalue weighted by Gasteiger charge is -2.25. The molecule has 1 aliphatic rings. The van der Waals surface area contributed by atoms with E-state index in [4.69, 9.17) is 10.8 Å². The van der Waals surface area contributed by atoms with Crippen LogP contribution in [0.25, 0.3) is 0 Å². The normalized spacial score (nSPS) is 23.2. The molecule has 0 aliphatic carbocycles. The summed E-state index contributed by atoms with van der Waals surface area (Å²) < 4.78 is 0. The van der Waals surface area contributed by atoms with Gasteiger partial charge in [-0.15, -0.1) is 0 Å². The van der Waals surface area contributed by atoms with Crippen LogP contribution in [0.3, 0.4) is 0 Å². The molecule has 0 spiro atoms. The van der Waals surface area contributed by atoms with Crippen LogP contribution in [0.4, 0.5) is 4.79 Å². The van der Waals surface area contributed by atoms with Gasteiger partial charge in [0.1, 0.15) is 6.04 Å². The number of hydrogen-bond donors (Lipinski definition) is 4. The highest BCUT2D eigenvalue weighted by Gasteiger charge is 2.39. The number of aliphatic carboxylic acids is 1. The number of primary amides is 1. The second-order valence-corrected chi connectivity index (χ2v) is 5.30. The van der Waals surface area contributed by atoms with Crippen LogP contribution in [0.15, 0.2) is 0 Å². The molecule has 8 nitrogen and oxygen atoms in total. The monoisotopic (exact) mass is 273 g/mol. The number of β-amino-alcohol motifs (C(OH)–C–C–N with tert-alkyl or cyclic N) is 1. The van der Waals surface area contributed by atoms with E-state index in [-0.39, 0.29) is 19.5 Å². The molecular formula is C11H19N3O5. The zero-order valence-electron chi connectivity index (χ0n) is 10.9. The van der Waals surface area contributed by atoms with Crippen LogP contribution in [-0.2, 0) is 9.59 Å². The highest BCUT2D eigenvalue weighted by molar-refractivity contribution is 5.84. The molecule has 8 heteroatoms. The number of aliphatic hydroxyl groups is 1. The first kappa shape index (κ1) is 15.2. The topological polar surface area (TPSA) is 133 Å². The molecule has 3 amide bonds. The molecule has 0 aromatic heterocycles. The van der Waals surface area contributed by atoms with Crippen LogP contribution < -0.4 is 11.1 Å².